The highest BCUT2D eigenvalue weighted by Crippen LogP contribution is 2.64. The zero-order valence-corrected chi connectivity index (χ0v) is 14.6. The summed E-state index contributed by atoms with van der Waals surface area (Å²) in [7, 11) is 2.69. The maximum Gasteiger partial charge on any atom is 0.403 e. The number of ether oxygens (including phenoxy) is 2. The van der Waals surface area contributed by atoms with Gasteiger partial charge >= 0.3 is 12.4 Å². The molecule has 25 heavy (non-hydrogen) atoms. The van der Waals surface area contributed by atoms with Crippen LogP contribution in [0.4, 0.5) is 26.3 Å². The van der Waals surface area contributed by atoms with E-state index in [0.717, 1.165) is 0 Å². The first-order valence-electron chi connectivity index (χ1n) is 8.77. The average molecular weight is 376 g/mol. The molecular formula is C17H26F6O2. The second-order valence-corrected chi connectivity index (χ2v) is 7.31. The molecule has 2 aliphatic rings. The summed E-state index contributed by atoms with van der Waals surface area (Å²) in [6, 6.07) is 0. The average Bonchev–Trinajstić information content (AvgIpc) is 2.53. The lowest BCUT2D eigenvalue weighted by Crippen LogP contribution is -2.61. The number of hydrogen-bond donors (Lipinski definition) is 0. The molecule has 0 heterocycles. The Morgan fingerprint density at radius 3 is 1.28 bits per heavy atom. The van der Waals surface area contributed by atoms with E-state index in [2.05, 4.69) is 0 Å². The minimum atomic E-state index is -5.36. The Hall–Kier alpha value is -0.500. The molecule has 2 saturated carbocycles. The topological polar surface area (TPSA) is 18.5 Å². The molecule has 0 aromatic rings. The fourth-order valence-corrected chi connectivity index (χ4v) is 4.97. The normalized spacial score (nSPS) is 32.6. The van der Waals surface area contributed by atoms with Crippen LogP contribution in [0.1, 0.15) is 51.4 Å². The smallest absolute Gasteiger partial charge is 0.381 e. The van der Waals surface area contributed by atoms with Gasteiger partial charge in [-0.3, -0.25) is 0 Å². The van der Waals surface area contributed by atoms with Gasteiger partial charge in [-0.15, -0.1) is 0 Å². The second kappa shape index (κ2) is 7.62. The number of rotatable bonds is 4. The maximum atomic E-state index is 14.1. The Labute approximate surface area is 144 Å². The fourth-order valence-electron chi connectivity index (χ4n) is 4.97. The van der Waals surface area contributed by atoms with Crippen LogP contribution < -0.4 is 0 Å². The summed E-state index contributed by atoms with van der Waals surface area (Å²) in [4.78, 5) is 0. The summed E-state index contributed by atoms with van der Waals surface area (Å²) < 4.78 is 94.8. The molecule has 0 saturated heterocycles. The van der Waals surface area contributed by atoms with Gasteiger partial charge in [-0.2, -0.15) is 26.3 Å². The summed E-state index contributed by atoms with van der Waals surface area (Å²) in [5.41, 5.74) is -3.69. The molecule has 0 aromatic heterocycles. The van der Waals surface area contributed by atoms with Crippen LogP contribution in [0.15, 0.2) is 0 Å². The molecular weight excluding hydrogens is 350 g/mol. The van der Waals surface area contributed by atoms with Gasteiger partial charge in [0.15, 0.2) is 5.41 Å². The quantitative estimate of drug-likeness (QED) is 0.603. The van der Waals surface area contributed by atoms with Crippen molar-refractivity contribution in [2.75, 3.05) is 14.2 Å². The predicted molar refractivity (Wildman–Crippen MR) is 80.1 cm³/mol. The summed E-state index contributed by atoms with van der Waals surface area (Å²) in [6.07, 6.45) is -10.7. The van der Waals surface area contributed by atoms with Crippen molar-refractivity contribution < 1.29 is 35.8 Å². The number of halogens is 6. The van der Waals surface area contributed by atoms with Crippen molar-refractivity contribution in [1.29, 1.82) is 0 Å². The minimum absolute atomic E-state index is 0.0764. The second-order valence-electron chi connectivity index (χ2n) is 7.31. The lowest BCUT2D eigenvalue weighted by Gasteiger charge is -2.51. The van der Waals surface area contributed by atoms with E-state index in [1.54, 1.807) is 0 Å². The first-order chi connectivity index (χ1) is 11.6. The van der Waals surface area contributed by atoms with E-state index >= 15 is 0 Å². The van der Waals surface area contributed by atoms with Crippen LogP contribution in [0, 0.1) is 17.3 Å². The van der Waals surface area contributed by atoms with Gasteiger partial charge in [0.2, 0.25) is 0 Å². The standard InChI is InChI=1S/C17H26F6O2/c1-24-13-7-3-5-11(9-13)15(16(18,19)20,17(21,22)23)12-6-4-8-14(10-12)25-2/h11-14H,3-10H2,1-2H3. The number of alkyl halides is 6. The zero-order valence-electron chi connectivity index (χ0n) is 14.6. The molecule has 2 rings (SSSR count). The lowest BCUT2D eigenvalue weighted by molar-refractivity contribution is -0.384. The lowest BCUT2D eigenvalue weighted by atomic mass is 9.57. The van der Waals surface area contributed by atoms with Gasteiger partial charge in [0, 0.05) is 14.2 Å². The van der Waals surface area contributed by atoms with Crippen LogP contribution in [0.3, 0.4) is 0 Å². The third kappa shape index (κ3) is 3.80. The van der Waals surface area contributed by atoms with Gasteiger partial charge < -0.3 is 9.47 Å². The molecule has 0 bridgehead atoms. The van der Waals surface area contributed by atoms with Crippen LogP contribution in [0.25, 0.3) is 0 Å². The Morgan fingerprint density at radius 1 is 0.640 bits per heavy atom. The predicted octanol–water partition coefficient (Wildman–Crippen LogP) is 5.51. The molecule has 0 aromatic carbocycles. The first-order valence-corrected chi connectivity index (χ1v) is 8.77. The van der Waals surface area contributed by atoms with Crippen molar-refractivity contribution in [2.24, 2.45) is 17.3 Å². The summed E-state index contributed by atoms with van der Waals surface area (Å²) >= 11 is 0. The van der Waals surface area contributed by atoms with Gasteiger partial charge in [-0.1, -0.05) is 12.8 Å². The molecule has 4 atom stereocenters. The van der Waals surface area contributed by atoms with Crippen molar-refractivity contribution in [3.63, 3.8) is 0 Å². The van der Waals surface area contributed by atoms with Crippen molar-refractivity contribution in [3.05, 3.63) is 0 Å². The Kier molecular flexibility index (Phi) is 6.35. The Morgan fingerprint density at radius 2 is 1.00 bits per heavy atom. The SMILES string of the molecule is COC1CCCC(C(C2CCCC(OC)C2)(C(F)(F)F)C(F)(F)F)C1. The zero-order chi connectivity index (χ0) is 18.9. The fraction of sp³-hybridized carbons (Fsp3) is 1.00. The van der Waals surface area contributed by atoms with E-state index in [4.69, 9.17) is 9.47 Å². The highest BCUT2D eigenvalue weighted by atomic mass is 19.4. The van der Waals surface area contributed by atoms with Crippen molar-refractivity contribution >= 4 is 0 Å². The number of hydrogen-bond acceptors (Lipinski definition) is 2. The minimum Gasteiger partial charge on any atom is -0.381 e. The van der Waals surface area contributed by atoms with Crippen LogP contribution in [0.5, 0.6) is 0 Å². The third-order valence-electron chi connectivity index (χ3n) is 6.14. The molecule has 148 valence electrons. The highest BCUT2D eigenvalue weighted by Gasteiger charge is 2.76. The van der Waals surface area contributed by atoms with E-state index in [-0.39, 0.29) is 25.7 Å². The van der Waals surface area contributed by atoms with Crippen molar-refractivity contribution in [2.45, 2.75) is 75.9 Å². The molecule has 0 spiro atoms. The Bertz CT molecular complexity index is 394. The monoisotopic (exact) mass is 376 g/mol. The maximum absolute atomic E-state index is 14.1. The van der Waals surface area contributed by atoms with Gasteiger partial charge in [0.05, 0.1) is 12.2 Å². The summed E-state index contributed by atoms with van der Waals surface area (Å²) in [6.45, 7) is 0. The highest BCUT2D eigenvalue weighted by molar-refractivity contribution is 5.05. The van der Waals surface area contributed by atoms with E-state index in [0.29, 0.717) is 25.7 Å². The van der Waals surface area contributed by atoms with E-state index in [9.17, 15) is 26.3 Å². The van der Waals surface area contributed by atoms with Gasteiger partial charge in [-0.05, 0) is 50.4 Å². The molecule has 2 aliphatic carbocycles. The van der Waals surface area contributed by atoms with Crippen LogP contribution in [-0.4, -0.2) is 38.8 Å². The van der Waals surface area contributed by atoms with Crippen molar-refractivity contribution in [1.82, 2.24) is 0 Å². The Balaban J connectivity index is 2.49. The van der Waals surface area contributed by atoms with Crippen LogP contribution in [0.2, 0.25) is 0 Å². The first kappa shape index (κ1) is 20.8. The van der Waals surface area contributed by atoms with Crippen LogP contribution in [-0.2, 0) is 9.47 Å². The van der Waals surface area contributed by atoms with E-state index in [1.165, 1.54) is 14.2 Å². The number of methoxy groups -OCH3 is 2. The van der Waals surface area contributed by atoms with E-state index < -0.39 is 41.8 Å². The third-order valence-corrected chi connectivity index (χ3v) is 6.14. The van der Waals surface area contributed by atoms with Crippen molar-refractivity contribution in [3.8, 4) is 0 Å². The summed E-state index contributed by atoms with van der Waals surface area (Å²) in [5, 5.41) is 0. The summed E-state index contributed by atoms with van der Waals surface area (Å²) in [5.74, 6) is -3.02. The molecule has 4 unspecified atom stereocenters. The molecule has 0 aliphatic heterocycles. The van der Waals surface area contributed by atoms with Gasteiger partial charge in [0.25, 0.3) is 0 Å². The van der Waals surface area contributed by atoms with E-state index in [1.807, 2.05) is 0 Å². The molecule has 0 radical (unpaired) electrons. The molecule has 0 N–H and O–H groups in total. The van der Waals surface area contributed by atoms with Crippen LogP contribution >= 0.6 is 0 Å². The van der Waals surface area contributed by atoms with Gasteiger partial charge in [-0.25, -0.2) is 0 Å². The molecule has 2 fully saturated rings. The molecule has 2 nitrogen and oxygen atoms in total. The molecule has 0 amide bonds. The largest absolute Gasteiger partial charge is 0.403 e. The molecule has 8 heteroatoms. The van der Waals surface area contributed by atoms with Gasteiger partial charge in [0.1, 0.15) is 0 Å².